The molecule has 1 atom stereocenters. The first-order valence-corrected chi connectivity index (χ1v) is 10.9. The molecule has 3 N–H and O–H groups in total. The fourth-order valence-electron chi connectivity index (χ4n) is 3.07. The lowest BCUT2D eigenvalue weighted by atomic mass is 9.97. The van der Waals surface area contributed by atoms with Gasteiger partial charge in [0.1, 0.15) is 0 Å². The van der Waals surface area contributed by atoms with E-state index in [4.69, 9.17) is 9.88 Å². The van der Waals surface area contributed by atoms with Crippen LogP contribution in [0.1, 0.15) is 19.8 Å². The molecule has 3 rings (SSSR count). The van der Waals surface area contributed by atoms with Gasteiger partial charge in [-0.2, -0.15) is 0 Å². The minimum Gasteiger partial charge on any atom is -0.452 e. The minimum atomic E-state index is -3.81. The number of aromatic nitrogens is 2. The van der Waals surface area contributed by atoms with Gasteiger partial charge in [0.15, 0.2) is 6.10 Å². The number of nitrogens with zero attached hydrogens (tertiary/aromatic N) is 3. The molecule has 2 aromatic rings. The Hall–Kier alpha value is -3.05. The smallest absolute Gasteiger partial charge is 0.309 e. The molecule has 0 radical (unpaired) electrons. The minimum absolute atomic E-state index is 0.0628. The van der Waals surface area contributed by atoms with E-state index in [-0.39, 0.29) is 10.8 Å². The van der Waals surface area contributed by atoms with E-state index in [1.807, 2.05) is 4.90 Å². The summed E-state index contributed by atoms with van der Waals surface area (Å²) in [6.07, 6.45) is 3.52. The van der Waals surface area contributed by atoms with Crippen LogP contribution >= 0.6 is 0 Å². The fraction of sp³-hybridized carbons (Fsp3) is 0.368. The summed E-state index contributed by atoms with van der Waals surface area (Å²) in [5.74, 6) is -0.600. The van der Waals surface area contributed by atoms with Crippen LogP contribution in [0.5, 0.6) is 0 Å². The Labute approximate surface area is 174 Å². The van der Waals surface area contributed by atoms with Crippen LogP contribution < -0.4 is 15.4 Å². The highest BCUT2D eigenvalue weighted by Crippen LogP contribution is 2.22. The van der Waals surface area contributed by atoms with Gasteiger partial charge < -0.3 is 15.0 Å². The summed E-state index contributed by atoms with van der Waals surface area (Å²) in [6, 6.07) is 7.13. The normalized spacial score (nSPS) is 16.0. The van der Waals surface area contributed by atoms with Crippen molar-refractivity contribution in [2.45, 2.75) is 30.8 Å². The van der Waals surface area contributed by atoms with Gasteiger partial charge in [-0.1, -0.05) is 0 Å². The van der Waals surface area contributed by atoms with Gasteiger partial charge in [-0.3, -0.25) is 9.59 Å². The van der Waals surface area contributed by atoms with Crippen LogP contribution in [-0.4, -0.2) is 49.5 Å². The number of carbonyl (C=O) groups excluding carboxylic acids is 2. The van der Waals surface area contributed by atoms with Crippen molar-refractivity contribution in [3.8, 4) is 0 Å². The quantitative estimate of drug-likeness (QED) is 0.640. The Bertz CT molecular complexity index is 990. The highest BCUT2D eigenvalue weighted by molar-refractivity contribution is 7.89. The van der Waals surface area contributed by atoms with E-state index in [9.17, 15) is 18.0 Å². The molecule has 1 fully saturated rings. The Morgan fingerprint density at radius 2 is 1.77 bits per heavy atom. The maximum Gasteiger partial charge on any atom is 0.309 e. The Morgan fingerprint density at radius 3 is 2.33 bits per heavy atom. The number of amides is 1. The molecule has 1 aliphatic rings. The number of nitrogens with two attached hydrogens (primary N) is 1. The Kier molecular flexibility index (Phi) is 6.63. The molecule has 0 aliphatic carbocycles. The van der Waals surface area contributed by atoms with Crippen molar-refractivity contribution in [1.29, 1.82) is 0 Å². The first kappa shape index (κ1) is 21.7. The number of piperidine rings is 1. The summed E-state index contributed by atoms with van der Waals surface area (Å²) >= 11 is 0. The van der Waals surface area contributed by atoms with Crippen molar-refractivity contribution in [3.05, 3.63) is 42.7 Å². The third-order valence-electron chi connectivity index (χ3n) is 4.78. The van der Waals surface area contributed by atoms with Crippen molar-refractivity contribution < 1.29 is 22.7 Å². The number of anilines is 2. The zero-order valence-corrected chi connectivity index (χ0v) is 17.2. The molecule has 1 unspecified atom stereocenters. The lowest BCUT2D eigenvalue weighted by molar-refractivity contribution is -0.158. The van der Waals surface area contributed by atoms with Gasteiger partial charge in [-0.25, -0.2) is 23.5 Å². The van der Waals surface area contributed by atoms with Crippen LogP contribution in [0.2, 0.25) is 0 Å². The van der Waals surface area contributed by atoms with Gasteiger partial charge in [0, 0.05) is 31.2 Å². The molecule has 0 bridgehead atoms. The zero-order chi connectivity index (χ0) is 21.7. The van der Waals surface area contributed by atoms with Gasteiger partial charge in [0.05, 0.1) is 10.8 Å². The van der Waals surface area contributed by atoms with Gasteiger partial charge >= 0.3 is 5.97 Å². The van der Waals surface area contributed by atoms with Crippen LogP contribution in [0, 0.1) is 5.92 Å². The average molecular weight is 433 g/mol. The van der Waals surface area contributed by atoms with Crippen molar-refractivity contribution in [2.24, 2.45) is 11.1 Å². The molecule has 1 saturated heterocycles. The molecule has 30 heavy (non-hydrogen) atoms. The number of carbonyl (C=O) groups is 2. The fourth-order valence-corrected chi connectivity index (χ4v) is 3.58. The van der Waals surface area contributed by atoms with E-state index in [1.165, 1.54) is 31.2 Å². The third kappa shape index (κ3) is 5.51. The first-order valence-electron chi connectivity index (χ1n) is 9.40. The second-order valence-corrected chi connectivity index (χ2v) is 8.51. The average Bonchev–Trinajstić information content (AvgIpc) is 2.74. The molecule has 160 valence electrons. The number of benzene rings is 1. The Morgan fingerprint density at radius 1 is 1.17 bits per heavy atom. The third-order valence-corrected chi connectivity index (χ3v) is 5.71. The standard InChI is InChI=1S/C19H23N5O5S/c1-13(17(25)23-15-3-5-16(6-4-15)30(20,27)28)29-18(26)14-7-11-24(12-8-14)19-21-9-2-10-22-19/h2-6,9-10,13-14H,7-8,11-12H2,1H3,(H,23,25)(H2,20,27,28). The summed E-state index contributed by atoms with van der Waals surface area (Å²) in [6.45, 7) is 2.74. The van der Waals surface area contributed by atoms with Crippen LogP contribution in [0.3, 0.4) is 0 Å². The number of sulfonamides is 1. The van der Waals surface area contributed by atoms with E-state index in [1.54, 1.807) is 18.5 Å². The zero-order valence-electron chi connectivity index (χ0n) is 16.4. The molecule has 0 saturated carbocycles. The molecule has 1 amide bonds. The predicted molar refractivity (Wildman–Crippen MR) is 109 cm³/mol. The van der Waals surface area contributed by atoms with Gasteiger partial charge in [0.25, 0.3) is 5.91 Å². The van der Waals surface area contributed by atoms with Crippen LogP contribution in [-0.2, 0) is 24.3 Å². The van der Waals surface area contributed by atoms with E-state index < -0.39 is 28.0 Å². The van der Waals surface area contributed by atoms with Crippen LogP contribution in [0.4, 0.5) is 11.6 Å². The number of hydrogen-bond donors (Lipinski definition) is 2. The van der Waals surface area contributed by atoms with Crippen LogP contribution in [0.15, 0.2) is 47.6 Å². The molecule has 0 spiro atoms. The molecule has 2 heterocycles. The Balaban J connectivity index is 1.49. The monoisotopic (exact) mass is 433 g/mol. The number of nitrogens with one attached hydrogen (secondary N) is 1. The van der Waals surface area contributed by atoms with Crippen molar-refractivity contribution >= 4 is 33.5 Å². The van der Waals surface area contributed by atoms with E-state index in [0.717, 1.165) is 0 Å². The summed E-state index contributed by atoms with van der Waals surface area (Å²) in [7, 11) is -3.81. The number of esters is 1. The van der Waals surface area contributed by atoms with Gasteiger partial charge in [0.2, 0.25) is 16.0 Å². The summed E-state index contributed by atoms with van der Waals surface area (Å²) in [5.41, 5.74) is 0.367. The molecule has 10 nitrogen and oxygen atoms in total. The molecular formula is C19H23N5O5S. The second-order valence-electron chi connectivity index (χ2n) is 6.95. The SMILES string of the molecule is CC(OC(=O)C1CCN(c2ncccn2)CC1)C(=O)Nc1ccc(S(N)(=O)=O)cc1. The van der Waals surface area contributed by atoms with E-state index in [2.05, 4.69) is 15.3 Å². The lowest BCUT2D eigenvalue weighted by Gasteiger charge is -2.31. The van der Waals surface area contributed by atoms with E-state index >= 15 is 0 Å². The highest BCUT2D eigenvalue weighted by Gasteiger charge is 2.29. The van der Waals surface area contributed by atoms with Crippen molar-refractivity contribution in [3.63, 3.8) is 0 Å². The maximum absolute atomic E-state index is 12.4. The number of primary sulfonamides is 1. The first-order chi connectivity index (χ1) is 14.2. The summed E-state index contributed by atoms with van der Waals surface area (Å²) < 4.78 is 27.9. The van der Waals surface area contributed by atoms with Gasteiger partial charge in [-0.05, 0) is 50.1 Å². The summed E-state index contributed by atoms with van der Waals surface area (Å²) in [5, 5.41) is 7.62. The topological polar surface area (TPSA) is 145 Å². The number of rotatable bonds is 6. The van der Waals surface area contributed by atoms with Crippen molar-refractivity contribution in [2.75, 3.05) is 23.3 Å². The molecule has 11 heteroatoms. The van der Waals surface area contributed by atoms with E-state index in [0.29, 0.717) is 37.6 Å². The largest absolute Gasteiger partial charge is 0.452 e. The number of hydrogen-bond acceptors (Lipinski definition) is 8. The second kappa shape index (κ2) is 9.18. The summed E-state index contributed by atoms with van der Waals surface area (Å²) in [4.78, 5) is 35.1. The van der Waals surface area contributed by atoms with Crippen molar-refractivity contribution in [1.82, 2.24) is 9.97 Å². The molecular weight excluding hydrogens is 410 g/mol. The van der Waals surface area contributed by atoms with Crippen LogP contribution in [0.25, 0.3) is 0 Å². The molecule has 1 aliphatic heterocycles. The maximum atomic E-state index is 12.4. The molecule has 1 aromatic carbocycles. The number of ether oxygens (including phenoxy) is 1. The molecule has 1 aromatic heterocycles. The predicted octanol–water partition coefficient (Wildman–Crippen LogP) is 0.911. The lowest BCUT2D eigenvalue weighted by Crippen LogP contribution is -2.39. The highest BCUT2D eigenvalue weighted by atomic mass is 32.2. The van der Waals surface area contributed by atoms with Gasteiger partial charge in [-0.15, -0.1) is 0 Å².